The van der Waals surface area contributed by atoms with Crippen molar-refractivity contribution < 1.29 is 17.7 Å². The highest BCUT2D eigenvalue weighted by molar-refractivity contribution is 5.42. The molecule has 90 valence electrons. The molecule has 2 aromatic rings. The van der Waals surface area contributed by atoms with E-state index in [0.717, 1.165) is 6.07 Å². The van der Waals surface area contributed by atoms with Gasteiger partial charge >= 0.3 is 6.18 Å². The lowest BCUT2D eigenvalue weighted by atomic mass is 10.0. The van der Waals surface area contributed by atoms with Gasteiger partial charge < -0.3 is 10.3 Å². The predicted molar refractivity (Wildman–Crippen MR) is 55.2 cm³/mol. The second kappa shape index (κ2) is 4.12. The predicted octanol–water partition coefficient (Wildman–Crippen LogP) is 2.87. The van der Waals surface area contributed by atoms with Crippen LogP contribution in [0.4, 0.5) is 18.9 Å². The summed E-state index contributed by atoms with van der Waals surface area (Å²) in [5, 5.41) is 3.43. The molecule has 0 aliphatic carbocycles. The summed E-state index contributed by atoms with van der Waals surface area (Å²) >= 11 is 0. The van der Waals surface area contributed by atoms with Crippen LogP contribution in [0.15, 0.2) is 35.0 Å². The van der Waals surface area contributed by atoms with Crippen LogP contribution in [0.2, 0.25) is 0 Å². The number of aromatic nitrogens is 1. The van der Waals surface area contributed by atoms with Gasteiger partial charge in [0.2, 0.25) is 0 Å². The zero-order chi connectivity index (χ0) is 12.5. The Balaban J connectivity index is 2.37. The summed E-state index contributed by atoms with van der Waals surface area (Å²) in [6.45, 7) is 0. The number of rotatable bonds is 2. The van der Waals surface area contributed by atoms with Crippen LogP contribution in [0.25, 0.3) is 0 Å². The van der Waals surface area contributed by atoms with E-state index < -0.39 is 11.7 Å². The molecule has 0 atom stereocenters. The molecule has 2 rings (SSSR count). The molecular formula is C11H9F3N2O. The number of nitrogens with two attached hydrogens (primary N) is 1. The topological polar surface area (TPSA) is 52.0 Å². The highest BCUT2D eigenvalue weighted by atomic mass is 19.4. The molecule has 0 saturated carbocycles. The number of anilines is 1. The Morgan fingerprint density at radius 3 is 2.53 bits per heavy atom. The van der Waals surface area contributed by atoms with Crippen molar-refractivity contribution in [3.8, 4) is 0 Å². The molecule has 17 heavy (non-hydrogen) atoms. The van der Waals surface area contributed by atoms with Crippen molar-refractivity contribution in [3.63, 3.8) is 0 Å². The van der Waals surface area contributed by atoms with E-state index >= 15 is 0 Å². The molecular weight excluding hydrogens is 233 g/mol. The minimum absolute atomic E-state index is 0.0263. The smallest absolute Gasteiger partial charge is 0.395 e. The van der Waals surface area contributed by atoms with E-state index in [1.807, 2.05) is 0 Å². The normalized spacial score (nSPS) is 11.7. The van der Waals surface area contributed by atoms with E-state index in [0.29, 0.717) is 0 Å². The van der Waals surface area contributed by atoms with E-state index in [-0.39, 0.29) is 23.4 Å². The number of hydrogen-bond acceptors (Lipinski definition) is 3. The lowest BCUT2D eigenvalue weighted by molar-refractivity contribution is -0.138. The van der Waals surface area contributed by atoms with Gasteiger partial charge in [-0.05, 0) is 11.6 Å². The van der Waals surface area contributed by atoms with E-state index in [1.165, 1.54) is 24.4 Å². The number of halogens is 3. The molecule has 6 heteroatoms. The Morgan fingerprint density at radius 2 is 1.94 bits per heavy atom. The van der Waals surface area contributed by atoms with Gasteiger partial charge in [0.15, 0.2) is 5.76 Å². The van der Waals surface area contributed by atoms with Crippen LogP contribution in [0.3, 0.4) is 0 Å². The maximum atomic E-state index is 12.7. The fourth-order valence-electron chi connectivity index (χ4n) is 1.53. The molecule has 0 aliphatic heterocycles. The average Bonchev–Trinajstić information content (AvgIpc) is 2.64. The van der Waals surface area contributed by atoms with Crippen molar-refractivity contribution in [3.05, 3.63) is 47.3 Å². The molecule has 0 radical (unpaired) electrons. The molecule has 0 fully saturated rings. The van der Waals surface area contributed by atoms with Crippen LogP contribution in [0.5, 0.6) is 0 Å². The fourth-order valence-corrected chi connectivity index (χ4v) is 1.53. The molecule has 3 nitrogen and oxygen atoms in total. The first kappa shape index (κ1) is 11.5. The average molecular weight is 242 g/mol. The Labute approximate surface area is 95.0 Å². The van der Waals surface area contributed by atoms with E-state index in [9.17, 15) is 13.2 Å². The molecule has 0 aliphatic rings. The van der Waals surface area contributed by atoms with Gasteiger partial charge in [-0.2, -0.15) is 13.2 Å². The van der Waals surface area contributed by atoms with E-state index in [2.05, 4.69) is 5.16 Å². The quantitative estimate of drug-likeness (QED) is 0.880. The number of nitrogen functional groups attached to an aromatic ring is 1. The van der Waals surface area contributed by atoms with E-state index in [1.54, 1.807) is 0 Å². The van der Waals surface area contributed by atoms with Gasteiger partial charge in [-0.15, -0.1) is 0 Å². The lowest BCUT2D eigenvalue weighted by Crippen LogP contribution is -2.09. The maximum Gasteiger partial charge on any atom is 0.416 e. The van der Waals surface area contributed by atoms with Gasteiger partial charge in [0.1, 0.15) is 0 Å². The van der Waals surface area contributed by atoms with Crippen LogP contribution in [-0.2, 0) is 12.6 Å². The van der Waals surface area contributed by atoms with Crippen molar-refractivity contribution in [2.75, 3.05) is 5.73 Å². The second-order valence-electron chi connectivity index (χ2n) is 3.54. The maximum absolute atomic E-state index is 12.7. The summed E-state index contributed by atoms with van der Waals surface area (Å²) in [6, 6.07) is 5.31. The van der Waals surface area contributed by atoms with Gasteiger partial charge in [-0.25, -0.2) is 0 Å². The summed E-state index contributed by atoms with van der Waals surface area (Å²) < 4.78 is 42.9. The van der Waals surface area contributed by atoms with Gasteiger partial charge in [0, 0.05) is 6.42 Å². The first-order valence-corrected chi connectivity index (χ1v) is 4.82. The van der Waals surface area contributed by atoms with Crippen LogP contribution >= 0.6 is 0 Å². The molecule has 0 spiro atoms. The number of alkyl halides is 3. The minimum atomic E-state index is -4.38. The van der Waals surface area contributed by atoms with Crippen LogP contribution in [-0.4, -0.2) is 5.16 Å². The van der Waals surface area contributed by atoms with Gasteiger partial charge in [0.05, 0.1) is 17.4 Å². The fraction of sp³-hybridized carbons (Fsp3) is 0.182. The molecule has 0 amide bonds. The first-order chi connectivity index (χ1) is 7.98. The highest BCUT2D eigenvalue weighted by Gasteiger charge is 2.33. The third-order valence-corrected chi connectivity index (χ3v) is 2.35. The largest absolute Gasteiger partial charge is 0.416 e. The monoisotopic (exact) mass is 242 g/mol. The molecule has 1 aromatic carbocycles. The van der Waals surface area contributed by atoms with Crippen molar-refractivity contribution in [2.24, 2.45) is 0 Å². The van der Waals surface area contributed by atoms with Crippen molar-refractivity contribution >= 4 is 5.69 Å². The third kappa shape index (κ3) is 2.41. The highest BCUT2D eigenvalue weighted by Crippen LogP contribution is 2.33. The Bertz CT molecular complexity index is 519. The molecule has 1 heterocycles. The third-order valence-electron chi connectivity index (χ3n) is 2.35. The van der Waals surface area contributed by atoms with Gasteiger partial charge in [-0.3, -0.25) is 0 Å². The Morgan fingerprint density at radius 1 is 1.24 bits per heavy atom. The van der Waals surface area contributed by atoms with Crippen LogP contribution < -0.4 is 5.73 Å². The summed E-state index contributed by atoms with van der Waals surface area (Å²) in [5.41, 5.74) is 5.19. The minimum Gasteiger partial charge on any atom is -0.395 e. The summed E-state index contributed by atoms with van der Waals surface area (Å²) in [7, 11) is 0. The summed E-state index contributed by atoms with van der Waals surface area (Å²) in [5.74, 6) is 0.238. The summed E-state index contributed by atoms with van der Waals surface area (Å²) in [4.78, 5) is 0. The molecule has 0 saturated heterocycles. The Kier molecular flexibility index (Phi) is 2.79. The molecule has 0 unspecified atom stereocenters. The molecule has 1 aromatic heterocycles. The second-order valence-corrected chi connectivity index (χ2v) is 3.54. The number of benzene rings is 1. The number of hydrogen-bond donors (Lipinski definition) is 1. The standard InChI is InChI=1S/C11H9F3N2O/c12-11(13,14)8-4-2-1-3-7(8)5-10-9(15)6-16-17-10/h1-4,6H,5,15H2. The van der Waals surface area contributed by atoms with Crippen molar-refractivity contribution in [2.45, 2.75) is 12.6 Å². The molecule has 0 bridgehead atoms. The Hall–Kier alpha value is -1.98. The number of nitrogens with zero attached hydrogens (tertiary/aromatic N) is 1. The lowest BCUT2D eigenvalue weighted by Gasteiger charge is -2.11. The van der Waals surface area contributed by atoms with Crippen molar-refractivity contribution in [1.29, 1.82) is 0 Å². The van der Waals surface area contributed by atoms with E-state index in [4.69, 9.17) is 10.3 Å². The van der Waals surface area contributed by atoms with Gasteiger partial charge in [0.25, 0.3) is 0 Å². The van der Waals surface area contributed by atoms with Crippen LogP contribution in [0, 0.1) is 0 Å². The zero-order valence-corrected chi connectivity index (χ0v) is 8.66. The zero-order valence-electron chi connectivity index (χ0n) is 8.66. The van der Waals surface area contributed by atoms with Gasteiger partial charge in [-0.1, -0.05) is 23.4 Å². The molecule has 2 N–H and O–H groups in total. The SMILES string of the molecule is Nc1cnoc1Cc1ccccc1C(F)(F)F. The first-order valence-electron chi connectivity index (χ1n) is 4.82. The van der Waals surface area contributed by atoms with Crippen molar-refractivity contribution in [1.82, 2.24) is 5.16 Å². The van der Waals surface area contributed by atoms with Crippen LogP contribution in [0.1, 0.15) is 16.9 Å². The summed E-state index contributed by atoms with van der Waals surface area (Å²) in [6.07, 6.45) is -3.14.